The summed E-state index contributed by atoms with van der Waals surface area (Å²) < 4.78 is 0. The molecule has 0 aromatic heterocycles. The highest BCUT2D eigenvalue weighted by Crippen LogP contribution is 2.38. The van der Waals surface area contributed by atoms with E-state index in [0.717, 1.165) is 11.1 Å². The van der Waals surface area contributed by atoms with Crippen LogP contribution in [0.15, 0.2) is 84.9 Å². The second-order valence-corrected chi connectivity index (χ2v) is 8.60. The fourth-order valence-electron chi connectivity index (χ4n) is 4.75. The molecule has 2 amide bonds. The first-order valence-corrected chi connectivity index (χ1v) is 11.3. The lowest BCUT2D eigenvalue weighted by Gasteiger charge is -2.41. The quantitative estimate of drug-likeness (QED) is 0.631. The standard InChI is InChI=1S/C28H30N2O2/c1-29-27(32)28(21-24-14-8-9-15-25(24)23-12-6-3-7-13-23)16-18-30(19-17-28)26(31)20-22-10-4-2-5-11-22/h2-15H,16-21H2,1H3,(H,29,32). The van der Waals surface area contributed by atoms with Crippen molar-refractivity contribution in [1.82, 2.24) is 10.2 Å². The van der Waals surface area contributed by atoms with E-state index in [4.69, 9.17) is 0 Å². The van der Waals surface area contributed by atoms with Gasteiger partial charge in [0.25, 0.3) is 0 Å². The van der Waals surface area contributed by atoms with Gasteiger partial charge in [-0.2, -0.15) is 0 Å². The molecule has 3 aromatic carbocycles. The Morgan fingerprint density at radius 3 is 2.09 bits per heavy atom. The van der Waals surface area contributed by atoms with Gasteiger partial charge in [0.2, 0.25) is 11.8 Å². The molecule has 0 spiro atoms. The van der Waals surface area contributed by atoms with E-state index in [2.05, 4.69) is 29.6 Å². The lowest BCUT2D eigenvalue weighted by Crippen LogP contribution is -2.51. The zero-order valence-corrected chi connectivity index (χ0v) is 18.6. The van der Waals surface area contributed by atoms with Gasteiger partial charge < -0.3 is 10.2 Å². The van der Waals surface area contributed by atoms with Crippen molar-refractivity contribution >= 4 is 11.8 Å². The SMILES string of the molecule is CNC(=O)C1(Cc2ccccc2-c2ccccc2)CCN(C(=O)Cc2ccccc2)CC1. The van der Waals surface area contributed by atoms with Gasteiger partial charge in [0.05, 0.1) is 11.8 Å². The number of hydrogen-bond donors (Lipinski definition) is 1. The molecule has 0 aliphatic carbocycles. The molecule has 4 nitrogen and oxygen atoms in total. The van der Waals surface area contributed by atoms with E-state index in [9.17, 15) is 9.59 Å². The summed E-state index contributed by atoms with van der Waals surface area (Å²) in [6.45, 7) is 1.21. The van der Waals surface area contributed by atoms with Crippen molar-refractivity contribution in [2.45, 2.75) is 25.7 Å². The summed E-state index contributed by atoms with van der Waals surface area (Å²) in [5.74, 6) is 0.196. The molecule has 4 rings (SSSR count). The molecule has 164 valence electrons. The molecule has 0 unspecified atom stereocenters. The number of piperidine rings is 1. The number of carbonyl (C=O) groups is 2. The second kappa shape index (κ2) is 9.82. The van der Waals surface area contributed by atoms with Gasteiger partial charge >= 0.3 is 0 Å². The maximum absolute atomic E-state index is 13.1. The van der Waals surface area contributed by atoms with E-state index < -0.39 is 5.41 Å². The Hall–Kier alpha value is -3.40. The Kier molecular flexibility index (Phi) is 6.69. The molecule has 1 N–H and O–H groups in total. The summed E-state index contributed by atoms with van der Waals surface area (Å²) in [6.07, 6.45) is 2.40. The predicted molar refractivity (Wildman–Crippen MR) is 128 cm³/mol. The van der Waals surface area contributed by atoms with E-state index in [1.807, 2.05) is 65.6 Å². The Balaban J connectivity index is 1.52. The van der Waals surface area contributed by atoms with E-state index in [-0.39, 0.29) is 11.8 Å². The van der Waals surface area contributed by atoms with Crippen molar-refractivity contribution in [3.05, 3.63) is 96.1 Å². The van der Waals surface area contributed by atoms with Crippen LogP contribution in [-0.2, 0) is 22.4 Å². The number of amides is 2. The molecular weight excluding hydrogens is 396 g/mol. The first-order valence-electron chi connectivity index (χ1n) is 11.3. The van der Waals surface area contributed by atoms with Crippen LogP contribution < -0.4 is 5.32 Å². The Bertz CT molecular complexity index is 1060. The summed E-state index contributed by atoms with van der Waals surface area (Å²) in [7, 11) is 1.71. The van der Waals surface area contributed by atoms with Crippen LogP contribution in [0, 0.1) is 5.41 Å². The highest BCUT2D eigenvalue weighted by molar-refractivity contribution is 5.84. The number of rotatable bonds is 6. The average molecular weight is 427 g/mol. The summed E-state index contributed by atoms with van der Waals surface area (Å²) in [5.41, 5.74) is 4.01. The zero-order valence-electron chi connectivity index (χ0n) is 18.6. The number of hydrogen-bond acceptors (Lipinski definition) is 2. The van der Waals surface area contributed by atoms with Gasteiger partial charge in [-0.3, -0.25) is 9.59 Å². The lowest BCUT2D eigenvalue weighted by molar-refractivity contribution is -0.140. The second-order valence-electron chi connectivity index (χ2n) is 8.60. The minimum absolute atomic E-state index is 0.0653. The maximum Gasteiger partial charge on any atom is 0.226 e. The Morgan fingerprint density at radius 1 is 0.844 bits per heavy atom. The normalized spacial score (nSPS) is 15.2. The Morgan fingerprint density at radius 2 is 1.44 bits per heavy atom. The highest BCUT2D eigenvalue weighted by Gasteiger charge is 2.42. The van der Waals surface area contributed by atoms with Crippen molar-refractivity contribution < 1.29 is 9.59 Å². The summed E-state index contributed by atoms with van der Waals surface area (Å²) >= 11 is 0. The van der Waals surface area contributed by atoms with Crippen LogP contribution in [-0.4, -0.2) is 36.9 Å². The average Bonchev–Trinajstić information content (AvgIpc) is 2.85. The van der Waals surface area contributed by atoms with E-state index in [0.29, 0.717) is 38.8 Å². The van der Waals surface area contributed by atoms with Crippen molar-refractivity contribution in [2.24, 2.45) is 5.41 Å². The molecule has 4 heteroatoms. The van der Waals surface area contributed by atoms with Gasteiger partial charge in [-0.1, -0.05) is 84.9 Å². The van der Waals surface area contributed by atoms with Crippen LogP contribution in [0.5, 0.6) is 0 Å². The molecule has 1 saturated heterocycles. The molecule has 0 bridgehead atoms. The van der Waals surface area contributed by atoms with Gasteiger partial charge in [-0.25, -0.2) is 0 Å². The minimum atomic E-state index is -0.511. The molecule has 1 heterocycles. The molecule has 3 aromatic rings. The van der Waals surface area contributed by atoms with E-state index in [1.165, 1.54) is 11.1 Å². The molecular formula is C28H30N2O2. The monoisotopic (exact) mass is 426 g/mol. The predicted octanol–water partition coefficient (Wildman–Crippen LogP) is 4.49. The first kappa shape index (κ1) is 21.8. The minimum Gasteiger partial charge on any atom is -0.359 e. The maximum atomic E-state index is 13.1. The van der Waals surface area contributed by atoms with Gasteiger partial charge in [0.15, 0.2) is 0 Å². The smallest absolute Gasteiger partial charge is 0.226 e. The Labute approximate surface area is 190 Å². The fraction of sp³-hybridized carbons (Fsp3) is 0.286. The number of nitrogens with one attached hydrogen (secondary N) is 1. The van der Waals surface area contributed by atoms with Crippen LogP contribution in [0.2, 0.25) is 0 Å². The molecule has 32 heavy (non-hydrogen) atoms. The highest BCUT2D eigenvalue weighted by atomic mass is 16.2. The third-order valence-corrected chi connectivity index (χ3v) is 6.61. The molecule has 0 radical (unpaired) electrons. The van der Waals surface area contributed by atoms with Gasteiger partial charge in [-0.15, -0.1) is 0 Å². The number of carbonyl (C=O) groups excluding carboxylic acids is 2. The molecule has 1 fully saturated rings. The lowest BCUT2D eigenvalue weighted by atomic mass is 9.72. The summed E-state index contributed by atoms with van der Waals surface area (Å²) in [4.78, 5) is 27.8. The topological polar surface area (TPSA) is 49.4 Å². The van der Waals surface area contributed by atoms with Crippen LogP contribution in [0.3, 0.4) is 0 Å². The number of benzene rings is 3. The van der Waals surface area contributed by atoms with Gasteiger partial charge in [0, 0.05) is 20.1 Å². The number of nitrogens with zero attached hydrogens (tertiary/aromatic N) is 1. The third-order valence-electron chi connectivity index (χ3n) is 6.61. The fourth-order valence-corrected chi connectivity index (χ4v) is 4.75. The summed E-state index contributed by atoms with van der Waals surface area (Å²) in [6, 6.07) is 28.5. The van der Waals surface area contributed by atoms with Crippen LogP contribution in [0.4, 0.5) is 0 Å². The first-order chi connectivity index (χ1) is 15.6. The zero-order chi connectivity index (χ0) is 22.4. The van der Waals surface area contributed by atoms with Crippen LogP contribution >= 0.6 is 0 Å². The largest absolute Gasteiger partial charge is 0.359 e. The molecule has 0 atom stereocenters. The van der Waals surface area contributed by atoms with Gasteiger partial charge in [0.1, 0.15) is 0 Å². The van der Waals surface area contributed by atoms with Gasteiger partial charge in [-0.05, 0) is 41.5 Å². The van der Waals surface area contributed by atoms with E-state index >= 15 is 0 Å². The molecule has 0 saturated carbocycles. The van der Waals surface area contributed by atoms with Crippen molar-refractivity contribution in [1.29, 1.82) is 0 Å². The molecule has 1 aliphatic rings. The van der Waals surface area contributed by atoms with Crippen molar-refractivity contribution in [3.63, 3.8) is 0 Å². The third kappa shape index (κ3) is 4.75. The van der Waals surface area contributed by atoms with Crippen molar-refractivity contribution in [3.8, 4) is 11.1 Å². The van der Waals surface area contributed by atoms with E-state index in [1.54, 1.807) is 7.05 Å². The molecule has 1 aliphatic heterocycles. The summed E-state index contributed by atoms with van der Waals surface area (Å²) in [5, 5.41) is 2.90. The van der Waals surface area contributed by atoms with Crippen LogP contribution in [0.1, 0.15) is 24.0 Å². The van der Waals surface area contributed by atoms with Crippen molar-refractivity contribution in [2.75, 3.05) is 20.1 Å². The van der Waals surface area contributed by atoms with Crippen LogP contribution in [0.25, 0.3) is 11.1 Å². The number of likely N-dealkylation sites (tertiary alicyclic amines) is 1.